The number of anilines is 1. The van der Waals surface area contributed by atoms with Gasteiger partial charge < -0.3 is 5.32 Å². The molecule has 8 nitrogen and oxygen atoms in total. The molecule has 1 N–H and O–H groups in total. The molecule has 0 unspecified atom stereocenters. The van der Waals surface area contributed by atoms with Crippen molar-refractivity contribution in [1.82, 2.24) is 24.7 Å². The van der Waals surface area contributed by atoms with Gasteiger partial charge in [-0.05, 0) is 38.0 Å². The van der Waals surface area contributed by atoms with E-state index < -0.39 is 5.41 Å². The molecule has 1 atom stereocenters. The number of Topliss-reactive ketones (excluding diaryl/α,β-unsaturated/α-hetero) is 1. The van der Waals surface area contributed by atoms with Crippen molar-refractivity contribution >= 4 is 28.5 Å². The number of pyridine rings is 1. The number of amides is 1. The summed E-state index contributed by atoms with van der Waals surface area (Å²) in [4.78, 5) is 39.9. The summed E-state index contributed by atoms with van der Waals surface area (Å²) in [7, 11) is 0. The number of nitrogens with one attached hydrogen (secondary N) is 1. The molecule has 0 bridgehead atoms. The Labute approximate surface area is 208 Å². The third-order valence-corrected chi connectivity index (χ3v) is 6.83. The molecule has 0 spiro atoms. The van der Waals surface area contributed by atoms with E-state index in [0.29, 0.717) is 40.1 Å². The Bertz CT molecular complexity index is 1510. The maximum absolute atomic E-state index is 14.4. The van der Waals surface area contributed by atoms with Crippen LogP contribution >= 0.6 is 0 Å². The number of ketones is 1. The number of hydrogen-bond acceptors (Lipinski definition) is 6. The molecule has 0 fully saturated rings. The minimum absolute atomic E-state index is 0.137. The van der Waals surface area contributed by atoms with Crippen LogP contribution in [0.15, 0.2) is 42.6 Å². The van der Waals surface area contributed by atoms with E-state index in [4.69, 9.17) is 5.10 Å². The molecular weight excluding hydrogens is 459 g/mol. The summed E-state index contributed by atoms with van der Waals surface area (Å²) in [5, 5.41) is 8.18. The highest BCUT2D eigenvalue weighted by Gasteiger charge is 2.44. The molecule has 1 aromatic carbocycles. The number of carbonyl (C=O) groups is 2. The summed E-state index contributed by atoms with van der Waals surface area (Å²) in [5.74, 6) is -0.00652. The zero-order valence-electron chi connectivity index (χ0n) is 20.7. The van der Waals surface area contributed by atoms with E-state index >= 15 is 0 Å². The van der Waals surface area contributed by atoms with E-state index in [2.05, 4.69) is 20.3 Å². The molecule has 184 valence electrons. The molecule has 36 heavy (non-hydrogen) atoms. The molecule has 0 saturated heterocycles. The molecule has 4 heterocycles. The van der Waals surface area contributed by atoms with Gasteiger partial charge in [-0.2, -0.15) is 5.10 Å². The number of rotatable bonds is 7. The largest absolute Gasteiger partial charge is 0.310 e. The van der Waals surface area contributed by atoms with E-state index in [9.17, 15) is 14.0 Å². The zero-order valence-corrected chi connectivity index (χ0v) is 20.7. The average molecular weight is 487 g/mol. The van der Waals surface area contributed by atoms with Gasteiger partial charge >= 0.3 is 0 Å². The topological polar surface area (TPSA) is 103 Å². The molecule has 0 aliphatic carbocycles. The SMILES string of the molecule is CC[C@H](C)CC(=O)c1nc(-c2nn(Cc3ccccc3F)c3ncccc23)nc2c1C(C)(C)C(=O)N2. The van der Waals surface area contributed by atoms with E-state index in [0.717, 1.165) is 6.42 Å². The highest BCUT2D eigenvalue weighted by atomic mass is 19.1. The van der Waals surface area contributed by atoms with Crippen LogP contribution in [0, 0.1) is 11.7 Å². The van der Waals surface area contributed by atoms with E-state index in [1.54, 1.807) is 49.0 Å². The zero-order chi connectivity index (χ0) is 25.6. The molecular formula is C27H27FN6O2. The molecule has 9 heteroatoms. The van der Waals surface area contributed by atoms with Gasteiger partial charge in [0.1, 0.15) is 23.0 Å². The van der Waals surface area contributed by atoms with Gasteiger partial charge in [-0.15, -0.1) is 0 Å². The highest BCUT2D eigenvalue weighted by molar-refractivity contribution is 6.09. The lowest BCUT2D eigenvalue weighted by Gasteiger charge is -2.18. The monoisotopic (exact) mass is 486 g/mol. The van der Waals surface area contributed by atoms with Crippen molar-refractivity contribution in [3.05, 3.63) is 65.2 Å². The van der Waals surface area contributed by atoms with Gasteiger partial charge in [0.2, 0.25) is 5.91 Å². The number of aromatic nitrogens is 5. The fourth-order valence-electron chi connectivity index (χ4n) is 4.46. The number of hydrogen-bond donors (Lipinski definition) is 1. The minimum atomic E-state index is -0.942. The molecule has 3 aromatic heterocycles. The van der Waals surface area contributed by atoms with Gasteiger partial charge in [-0.1, -0.05) is 38.5 Å². The summed E-state index contributed by atoms with van der Waals surface area (Å²) in [5.41, 5.74) is 1.22. The van der Waals surface area contributed by atoms with Crippen molar-refractivity contribution in [2.45, 2.75) is 52.5 Å². The first-order chi connectivity index (χ1) is 17.2. The summed E-state index contributed by atoms with van der Waals surface area (Å²) in [6.45, 7) is 7.73. The van der Waals surface area contributed by atoms with Crippen LogP contribution in [0.25, 0.3) is 22.6 Å². The van der Waals surface area contributed by atoms with Crippen LogP contribution in [0.1, 0.15) is 62.2 Å². The summed E-state index contributed by atoms with van der Waals surface area (Å²) >= 11 is 0. The molecule has 0 radical (unpaired) electrons. The Morgan fingerprint density at radius 1 is 1.17 bits per heavy atom. The molecule has 5 rings (SSSR count). The maximum Gasteiger partial charge on any atom is 0.235 e. The third kappa shape index (κ3) is 3.94. The van der Waals surface area contributed by atoms with Crippen molar-refractivity contribution in [1.29, 1.82) is 0 Å². The predicted molar refractivity (Wildman–Crippen MR) is 134 cm³/mol. The summed E-state index contributed by atoms with van der Waals surface area (Å²) in [6.07, 6.45) is 2.80. The first kappa shape index (κ1) is 23.7. The van der Waals surface area contributed by atoms with Gasteiger partial charge in [0.05, 0.1) is 17.3 Å². The number of halogens is 1. The molecule has 1 aliphatic heterocycles. The van der Waals surface area contributed by atoms with Crippen LogP contribution < -0.4 is 5.32 Å². The maximum atomic E-state index is 14.4. The molecule has 4 aromatic rings. The van der Waals surface area contributed by atoms with Crippen molar-refractivity contribution in [3.63, 3.8) is 0 Å². The van der Waals surface area contributed by atoms with Gasteiger partial charge in [0, 0.05) is 23.7 Å². The van der Waals surface area contributed by atoms with E-state index in [-0.39, 0.29) is 41.5 Å². The smallest absolute Gasteiger partial charge is 0.235 e. The first-order valence-corrected chi connectivity index (χ1v) is 12.0. The quantitative estimate of drug-likeness (QED) is 0.372. The van der Waals surface area contributed by atoms with Crippen molar-refractivity contribution < 1.29 is 14.0 Å². The Morgan fingerprint density at radius 3 is 2.69 bits per heavy atom. The normalized spacial score (nSPS) is 15.1. The Kier molecular flexibility index (Phi) is 5.86. The lowest BCUT2D eigenvalue weighted by Crippen LogP contribution is -2.29. The second kappa shape index (κ2) is 8.89. The Hall–Kier alpha value is -4.01. The van der Waals surface area contributed by atoms with Crippen LogP contribution in [0.2, 0.25) is 0 Å². The third-order valence-electron chi connectivity index (χ3n) is 6.83. The summed E-state index contributed by atoms with van der Waals surface area (Å²) < 4.78 is 16.0. The van der Waals surface area contributed by atoms with Crippen LogP contribution in [0.3, 0.4) is 0 Å². The molecule has 1 amide bonds. The van der Waals surface area contributed by atoms with Gasteiger partial charge in [0.25, 0.3) is 0 Å². The van der Waals surface area contributed by atoms with Crippen molar-refractivity contribution in [2.24, 2.45) is 5.92 Å². The van der Waals surface area contributed by atoms with Crippen LogP contribution in [0.4, 0.5) is 10.2 Å². The lowest BCUT2D eigenvalue weighted by atomic mass is 9.84. The van der Waals surface area contributed by atoms with Gasteiger partial charge in [0.15, 0.2) is 17.3 Å². The predicted octanol–water partition coefficient (Wildman–Crippen LogP) is 4.92. The fourth-order valence-corrected chi connectivity index (χ4v) is 4.46. The van der Waals surface area contributed by atoms with E-state index in [1.807, 2.05) is 19.9 Å². The Balaban J connectivity index is 1.68. The van der Waals surface area contributed by atoms with Crippen molar-refractivity contribution in [3.8, 4) is 11.5 Å². The van der Waals surface area contributed by atoms with Gasteiger partial charge in [-0.3, -0.25) is 9.59 Å². The second-order valence-corrected chi connectivity index (χ2v) is 9.81. The fraction of sp³-hybridized carbons (Fsp3) is 0.333. The number of nitrogens with zero attached hydrogens (tertiary/aromatic N) is 5. The van der Waals surface area contributed by atoms with E-state index in [1.165, 1.54) is 6.07 Å². The first-order valence-electron chi connectivity index (χ1n) is 12.0. The van der Waals surface area contributed by atoms with Crippen LogP contribution in [0.5, 0.6) is 0 Å². The minimum Gasteiger partial charge on any atom is -0.310 e. The lowest BCUT2D eigenvalue weighted by molar-refractivity contribution is -0.119. The van der Waals surface area contributed by atoms with Gasteiger partial charge in [-0.25, -0.2) is 24.0 Å². The number of fused-ring (bicyclic) bond motifs is 2. The standard InChI is InChI=1S/C27H27FN6O2/c1-5-15(2)13-19(35)22-20-23(32-26(36)27(20,3)4)31-24(30-22)21-17-10-8-12-29-25(17)34(33-21)14-16-9-6-7-11-18(16)28/h6-12,15H,5,13-14H2,1-4H3,(H,30,31,32,36)/t15-/m0/s1. The molecule has 1 aliphatic rings. The number of carbonyl (C=O) groups excluding carboxylic acids is 2. The second-order valence-electron chi connectivity index (χ2n) is 9.81. The number of benzene rings is 1. The highest BCUT2D eigenvalue weighted by Crippen LogP contribution is 2.40. The molecule has 0 saturated carbocycles. The van der Waals surface area contributed by atoms with Crippen LogP contribution in [-0.2, 0) is 16.8 Å². The van der Waals surface area contributed by atoms with Crippen LogP contribution in [-0.4, -0.2) is 36.4 Å². The summed E-state index contributed by atoms with van der Waals surface area (Å²) in [6, 6.07) is 10.1. The average Bonchev–Trinajstić information content (AvgIpc) is 3.33. The van der Waals surface area contributed by atoms with Crippen molar-refractivity contribution in [2.75, 3.05) is 5.32 Å². The Morgan fingerprint density at radius 2 is 1.94 bits per heavy atom.